The molecule has 1 rings (SSSR count). The fraction of sp³-hybridized carbons (Fsp3) is 0.429. The molecule has 1 aromatic rings. The molecule has 0 aromatic carbocycles. The van der Waals surface area contributed by atoms with Gasteiger partial charge in [0.1, 0.15) is 0 Å². The molecule has 0 amide bonds. The molecule has 1 heterocycles. The molecule has 60 valence electrons. The van der Waals surface area contributed by atoms with Crippen molar-refractivity contribution in [3.63, 3.8) is 0 Å². The van der Waals surface area contributed by atoms with E-state index in [0.29, 0.717) is 12.4 Å². The highest BCUT2D eigenvalue weighted by Gasteiger charge is 1.96. The zero-order chi connectivity index (χ0) is 8.27. The Morgan fingerprint density at radius 3 is 3.00 bits per heavy atom. The van der Waals surface area contributed by atoms with Gasteiger partial charge in [0.05, 0.1) is 18.6 Å². The quantitative estimate of drug-likeness (QED) is 0.481. The van der Waals surface area contributed by atoms with Crippen molar-refractivity contribution in [3.05, 3.63) is 17.5 Å². The molecule has 0 radical (unpaired) electrons. The first kappa shape index (κ1) is 7.78. The lowest BCUT2D eigenvalue weighted by Gasteiger charge is -1.92. The van der Waals surface area contributed by atoms with Gasteiger partial charge in [-0.05, 0) is 13.8 Å². The van der Waals surface area contributed by atoms with Crippen LogP contribution >= 0.6 is 0 Å². The third-order valence-electron chi connectivity index (χ3n) is 1.43. The van der Waals surface area contributed by atoms with Gasteiger partial charge in [-0.25, -0.2) is 0 Å². The first-order chi connectivity index (χ1) is 5.20. The predicted molar refractivity (Wildman–Crippen MR) is 44.3 cm³/mol. The Labute approximate surface area is 65.5 Å². The van der Waals surface area contributed by atoms with Crippen LogP contribution in [0.15, 0.2) is 11.2 Å². The molecule has 0 bridgehead atoms. The van der Waals surface area contributed by atoms with Crippen molar-refractivity contribution in [2.24, 2.45) is 10.7 Å². The van der Waals surface area contributed by atoms with E-state index in [1.54, 1.807) is 13.1 Å². The maximum Gasteiger partial charge on any atom is 0.0909 e. The average Bonchev–Trinajstić information content (AvgIpc) is 2.31. The zero-order valence-corrected chi connectivity index (χ0v) is 6.76. The SMILES string of the molecule is CC(N)=NCc1cn[nH]c1C. The Morgan fingerprint density at radius 1 is 1.82 bits per heavy atom. The van der Waals surface area contributed by atoms with Gasteiger partial charge in [0.15, 0.2) is 0 Å². The average molecular weight is 152 g/mol. The Kier molecular flexibility index (Phi) is 2.25. The minimum Gasteiger partial charge on any atom is -0.388 e. The first-order valence-electron chi connectivity index (χ1n) is 3.45. The van der Waals surface area contributed by atoms with Crippen molar-refractivity contribution in [2.75, 3.05) is 0 Å². The van der Waals surface area contributed by atoms with Gasteiger partial charge in [0.2, 0.25) is 0 Å². The van der Waals surface area contributed by atoms with E-state index < -0.39 is 0 Å². The van der Waals surface area contributed by atoms with E-state index >= 15 is 0 Å². The summed E-state index contributed by atoms with van der Waals surface area (Å²) in [6, 6.07) is 0. The number of aromatic nitrogens is 2. The van der Waals surface area contributed by atoms with E-state index in [2.05, 4.69) is 15.2 Å². The molecule has 0 spiro atoms. The van der Waals surface area contributed by atoms with Crippen molar-refractivity contribution < 1.29 is 0 Å². The van der Waals surface area contributed by atoms with Crippen LogP contribution in [0.5, 0.6) is 0 Å². The van der Waals surface area contributed by atoms with Crippen LogP contribution in [0.2, 0.25) is 0 Å². The fourth-order valence-corrected chi connectivity index (χ4v) is 0.745. The summed E-state index contributed by atoms with van der Waals surface area (Å²) in [5.74, 6) is 0.602. The second-order valence-electron chi connectivity index (χ2n) is 2.48. The second kappa shape index (κ2) is 3.18. The summed E-state index contributed by atoms with van der Waals surface area (Å²) >= 11 is 0. The number of hydrogen-bond donors (Lipinski definition) is 2. The molecule has 0 atom stereocenters. The van der Waals surface area contributed by atoms with E-state index in [1.807, 2.05) is 6.92 Å². The maximum absolute atomic E-state index is 5.38. The summed E-state index contributed by atoms with van der Waals surface area (Å²) in [7, 11) is 0. The lowest BCUT2D eigenvalue weighted by molar-refractivity contribution is 1.02. The molecule has 1 aromatic heterocycles. The lowest BCUT2D eigenvalue weighted by atomic mass is 10.3. The smallest absolute Gasteiger partial charge is 0.0909 e. The Morgan fingerprint density at radius 2 is 2.55 bits per heavy atom. The molecule has 0 aliphatic rings. The van der Waals surface area contributed by atoms with Gasteiger partial charge in [0, 0.05) is 11.3 Å². The topological polar surface area (TPSA) is 67.1 Å². The van der Waals surface area contributed by atoms with Crippen molar-refractivity contribution >= 4 is 5.84 Å². The molecule has 4 nitrogen and oxygen atoms in total. The number of nitrogens with one attached hydrogen (secondary N) is 1. The molecule has 0 fully saturated rings. The third kappa shape index (κ3) is 2.07. The van der Waals surface area contributed by atoms with Gasteiger partial charge in [-0.15, -0.1) is 0 Å². The number of aryl methyl sites for hydroxylation is 1. The summed E-state index contributed by atoms with van der Waals surface area (Å²) in [5, 5.41) is 6.70. The third-order valence-corrected chi connectivity index (χ3v) is 1.43. The van der Waals surface area contributed by atoms with E-state index in [0.717, 1.165) is 11.3 Å². The molecule has 4 heteroatoms. The molecule has 0 unspecified atom stereocenters. The number of nitrogens with two attached hydrogens (primary N) is 1. The van der Waals surface area contributed by atoms with Crippen molar-refractivity contribution in [1.82, 2.24) is 10.2 Å². The van der Waals surface area contributed by atoms with Crippen molar-refractivity contribution in [1.29, 1.82) is 0 Å². The number of aliphatic imine (C=N–C) groups is 1. The van der Waals surface area contributed by atoms with E-state index in [-0.39, 0.29) is 0 Å². The van der Waals surface area contributed by atoms with Crippen LogP contribution in [-0.2, 0) is 6.54 Å². The standard InChI is InChI=1S/C7H12N4/c1-5-7(4-10-11-5)3-9-6(2)8/h4H,3H2,1-2H3,(H2,8,9)(H,10,11). The van der Waals surface area contributed by atoms with Crippen LogP contribution in [0.4, 0.5) is 0 Å². The van der Waals surface area contributed by atoms with Crippen LogP contribution in [0.3, 0.4) is 0 Å². The monoisotopic (exact) mass is 152 g/mol. The number of nitrogens with zero attached hydrogens (tertiary/aromatic N) is 2. The van der Waals surface area contributed by atoms with Gasteiger partial charge in [-0.2, -0.15) is 5.10 Å². The molecule has 11 heavy (non-hydrogen) atoms. The van der Waals surface area contributed by atoms with Gasteiger partial charge in [-0.3, -0.25) is 10.1 Å². The summed E-state index contributed by atoms with van der Waals surface area (Å²) in [6.45, 7) is 4.35. The maximum atomic E-state index is 5.38. The molecular weight excluding hydrogens is 140 g/mol. The number of H-pyrrole nitrogens is 1. The van der Waals surface area contributed by atoms with Gasteiger partial charge >= 0.3 is 0 Å². The summed E-state index contributed by atoms with van der Waals surface area (Å²) < 4.78 is 0. The minimum absolute atomic E-state index is 0.602. The molecular formula is C7H12N4. The van der Waals surface area contributed by atoms with Gasteiger partial charge in [-0.1, -0.05) is 0 Å². The van der Waals surface area contributed by atoms with Crippen LogP contribution < -0.4 is 5.73 Å². The highest BCUT2D eigenvalue weighted by atomic mass is 15.1. The van der Waals surface area contributed by atoms with E-state index in [9.17, 15) is 0 Å². The van der Waals surface area contributed by atoms with Gasteiger partial charge < -0.3 is 5.73 Å². The summed E-state index contributed by atoms with van der Waals surface area (Å²) in [4.78, 5) is 4.06. The lowest BCUT2D eigenvalue weighted by Crippen LogP contribution is -2.05. The van der Waals surface area contributed by atoms with E-state index in [4.69, 9.17) is 5.73 Å². The number of rotatable bonds is 2. The Bertz CT molecular complexity index is 257. The molecule has 3 N–H and O–H groups in total. The van der Waals surface area contributed by atoms with Crippen molar-refractivity contribution in [3.8, 4) is 0 Å². The summed E-state index contributed by atoms with van der Waals surface area (Å²) in [5.41, 5.74) is 7.52. The van der Waals surface area contributed by atoms with Crippen LogP contribution in [0.1, 0.15) is 18.2 Å². The Balaban J connectivity index is 2.65. The number of aromatic amines is 1. The van der Waals surface area contributed by atoms with E-state index in [1.165, 1.54) is 0 Å². The molecule has 0 aliphatic heterocycles. The summed E-state index contributed by atoms with van der Waals surface area (Å²) in [6.07, 6.45) is 1.77. The highest BCUT2D eigenvalue weighted by molar-refractivity contribution is 5.77. The predicted octanol–water partition coefficient (Wildman–Crippen LogP) is 0.595. The molecule has 0 saturated carbocycles. The first-order valence-corrected chi connectivity index (χ1v) is 3.45. The normalized spacial score (nSPS) is 12.0. The number of hydrogen-bond acceptors (Lipinski definition) is 2. The molecule has 0 saturated heterocycles. The largest absolute Gasteiger partial charge is 0.388 e. The van der Waals surface area contributed by atoms with Crippen LogP contribution in [-0.4, -0.2) is 16.0 Å². The highest BCUT2D eigenvalue weighted by Crippen LogP contribution is 2.03. The zero-order valence-electron chi connectivity index (χ0n) is 6.76. The fourth-order valence-electron chi connectivity index (χ4n) is 0.745. The van der Waals surface area contributed by atoms with Gasteiger partial charge in [0.25, 0.3) is 0 Å². The molecule has 0 aliphatic carbocycles. The van der Waals surface area contributed by atoms with Crippen molar-refractivity contribution in [2.45, 2.75) is 20.4 Å². The van der Waals surface area contributed by atoms with Crippen LogP contribution in [0.25, 0.3) is 0 Å². The van der Waals surface area contributed by atoms with Crippen LogP contribution in [0, 0.1) is 6.92 Å². The second-order valence-corrected chi connectivity index (χ2v) is 2.48. The minimum atomic E-state index is 0.602. The Hall–Kier alpha value is -1.32. The number of amidine groups is 1.